The Morgan fingerprint density at radius 1 is 1.29 bits per heavy atom. The van der Waals surface area contributed by atoms with Gasteiger partial charge >= 0.3 is 0 Å². The molecule has 0 amide bonds. The van der Waals surface area contributed by atoms with Crippen LogP contribution in [0.25, 0.3) is 0 Å². The van der Waals surface area contributed by atoms with Crippen molar-refractivity contribution in [2.75, 3.05) is 16.8 Å². The number of aromatic nitrogens is 1. The first-order chi connectivity index (χ1) is 8.43. The van der Waals surface area contributed by atoms with Gasteiger partial charge in [0.2, 0.25) is 0 Å². The summed E-state index contributed by atoms with van der Waals surface area (Å²) in [6.07, 6.45) is 8.94. The van der Waals surface area contributed by atoms with Gasteiger partial charge in [0, 0.05) is 24.8 Å². The van der Waals surface area contributed by atoms with Crippen LogP contribution in [0.5, 0.6) is 0 Å². The third-order valence-corrected chi connectivity index (χ3v) is 4.75. The lowest BCUT2D eigenvalue weighted by Crippen LogP contribution is -2.45. The molecule has 90 valence electrons. The van der Waals surface area contributed by atoms with Crippen molar-refractivity contribution in [3.8, 4) is 0 Å². The number of nitrogens with zero attached hydrogens (tertiary/aromatic N) is 2. The van der Waals surface area contributed by atoms with E-state index in [4.69, 9.17) is 0 Å². The molecule has 1 saturated heterocycles. The van der Waals surface area contributed by atoms with Crippen LogP contribution in [0, 0.1) is 5.92 Å². The number of hydrogen-bond donors (Lipinski definition) is 1. The summed E-state index contributed by atoms with van der Waals surface area (Å²) in [4.78, 5) is 7.25. The van der Waals surface area contributed by atoms with Crippen molar-refractivity contribution < 1.29 is 0 Å². The van der Waals surface area contributed by atoms with Crippen LogP contribution in [-0.4, -0.2) is 23.6 Å². The van der Waals surface area contributed by atoms with Crippen molar-refractivity contribution in [3.63, 3.8) is 0 Å². The van der Waals surface area contributed by atoms with Crippen molar-refractivity contribution in [2.45, 2.75) is 44.2 Å². The summed E-state index contributed by atoms with van der Waals surface area (Å²) < 4.78 is 0. The third kappa shape index (κ3) is 1.38. The van der Waals surface area contributed by atoms with E-state index in [9.17, 15) is 0 Å². The standard InChI is InChI=1S/C14H19N3/c1-2-6-13-10(4-1)8-11-9-16-12-5-3-7-15-14(12)17(11)13/h3,5,7,10-11,13,16H,1-2,4,6,8-9H2. The molecular formula is C14H19N3. The van der Waals surface area contributed by atoms with Gasteiger partial charge in [0.05, 0.1) is 5.69 Å². The Kier molecular flexibility index (Phi) is 2.08. The maximum atomic E-state index is 4.62. The summed E-state index contributed by atoms with van der Waals surface area (Å²) in [5.74, 6) is 2.13. The zero-order chi connectivity index (χ0) is 11.2. The quantitative estimate of drug-likeness (QED) is 0.741. The molecule has 0 aromatic carbocycles. The number of rotatable bonds is 0. The Labute approximate surface area is 102 Å². The highest BCUT2D eigenvalue weighted by atomic mass is 15.3. The average molecular weight is 229 g/mol. The summed E-state index contributed by atoms with van der Waals surface area (Å²) in [6.45, 7) is 1.10. The number of nitrogens with one attached hydrogen (secondary N) is 1. The zero-order valence-corrected chi connectivity index (χ0v) is 10.1. The normalized spacial score (nSPS) is 34.6. The molecule has 4 rings (SSSR count). The molecule has 1 aliphatic carbocycles. The second kappa shape index (κ2) is 3.62. The predicted octanol–water partition coefficient (Wildman–Crippen LogP) is 2.64. The van der Waals surface area contributed by atoms with E-state index in [-0.39, 0.29) is 0 Å². The number of anilines is 2. The molecule has 3 heteroatoms. The second-order valence-electron chi connectivity index (χ2n) is 5.66. The molecular weight excluding hydrogens is 210 g/mol. The van der Waals surface area contributed by atoms with Crippen LogP contribution in [-0.2, 0) is 0 Å². The molecule has 1 aromatic rings. The van der Waals surface area contributed by atoms with Gasteiger partial charge in [-0.05, 0) is 37.3 Å². The molecule has 17 heavy (non-hydrogen) atoms. The summed E-state index contributed by atoms with van der Waals surface area (Å²) in [7, 11) is 0. The van der Waals surface area contributed by atoms with Crippen LogP contribution in [0.4, 0.5) is 11.5 Å². The van der Waals surface area contributed by atoms with E-state index in [1.54, 1.807) is 0 Å². The molecule has 3 aliphatic rings. The Morgan fingerprint density at radius 2 is 2.24 bits per heavy atom. The lowest BCUT2D eigenvalue weighted by Gasteiger charge is -2.38. The van der Waals surface area contributed by atoms with Gasteiger partial charge in [-0.2, -0.15) is 0 Å². The maximum absolute atomic E-state index is 4.62. The van der Waals surface area contributed by atoms with Crippen molar-refractivity contribution in [1.82, 2.24) is 4.98 Å². The van der Waals surface area contributed by atoms with E-state index in [1.807, 2.05) is 12.3 Å². The van der Waals surface area contributed by atoms with E-state index >= 15 is 0 Å². The van der Waals surface area contributed by atoms with Crippen LogP contribution < -0.4 is 10.2 Å². The molecule has 2 aliphatic heterocycles. The van der Waals surface area contributed by atoms with Gasteiger partial charge < -0.3 is 10.2 Å². The minimum Gasteiger partial charge on any atom is -0.380 e. The minimum atomic E-state index is 0.686. The van der Waals surface area contributed by atoms with Crippen molar-refractivity contribution >= 4 is 11.5 Å². The third-order valence-electron chi connectivity index (χ3n) is 4.75. The Hall–Kier alpha value is -1.25. The molecule has 0 radical (unpaired) electrons. The Bertz CT molecular complexity index is 431. The highest BCUT2D eigenvalue weighted by Gasteiger charge is 2.44. The molecule has 3 atom stereocenters. The first-order valence-electron chi connectivity index (χ1n) is 6.91. The number of fused-ring (bicyclic) bond motifs is 5. The Morgan fingerprint density at radius 3 is 3.24 bits per heavy atom. The molecule has 3 heterocycles. The fraction of sp³-hybridized carbons (Fsp3) is 0.643. The molecule has 0 spiro atoms. The van der Waals surface area contributed by atoms with Gasteiger partial charge in [0.15, 0.2) is 5.82 Å². The van der Waals surface area contributed by atoms with E-state index in [1.165, 1.54) is 43.6 Å². The van der Waals surface area contributed by atoms with Gasteiger partial charge in [0.1, 0.15) is 0 Å². The molecule has 1 saturated carbocycles. The lowest BCUT2D eigenvalue weighted by atomic mass is 9.85. The highest BCUT2D eigenvalue weighted by molar-refractivity contribution is 5.69. The number of pyridine rings is 1. The molecule has 1 N–H and O–H groups in total. The van der Waals surface area contributed by atoms with Gasteiger partial charge in [-0.1, -0.05) is 12.8 Å². The monoisotopic (exact) mass is 229 g/mol. The van der Waals surface area contributed by atoms with E-state index in [0.717, 1.165) is 18.5 Å². The second-order valence-corrected chi connectivity index (χ2v) is 5.66. The van der Waals surface area contributed by atoms with Crippen molar-refractivity contribution in [3.05, 3.63) is 18.3 Å². The highest BCUT2D eigenvalue weighted by Crippen LogP contribution is 2.45. The van der Waals surface area contributed by atoms with Crippen LogP contribution in [0.2, 0.25) is 0 Å². The summed E-state index contributed by atoms with van der Waals surface area (Å²) in [5.41, 5.74) is 1.23. The fourth-order valence-corrected chi connectivity index (χ4v) is 4.04. The SMILES string of the molecule is c1cnc2c(c1)NCC1CC3CCCCC3N21. The van der Waals surface area contributed by atoms with E-state index in [2.05, 4.69) is 21.3 Å². The predicted molar refractivity (Wildman–Crippen MR) is 69.4 cm³/mol. The van der Waals surface area contributed by atoms with Gasteiger partial charge in [-0.25, -0.2) is 4.98 Å². The smallest absolute Gasteiger partial charge is 0.152 e. The van der Waals surface area contributed by atoms with Gasteiger partial charge in [-0.15, -0.1) is 0 Å². The molecule has 0 bridgehead atoms. The van der Waals surface area contributed by atoms with Crippen LogP contribution in [0.3, 0.4) is 0 Å². The maximum Gasteiger partial charge on any atom is 0.152 e. The summed E-state index contributed by atoms with van der Waals surface area (Å²) in [6, 6.07) is 5.64. The topological polar surface area (TPSA) is 28.2 Å². The van der Waals surface area contributed by atoms with Crippen molar-refractivity contribution in [1.29, 1.82) is 0 Å². The van der Waals surface area contributed by atoms with Gasteiger partial charge in [0.25, 0.3) is 0 Å². The van der Waals surface area contributed by atoms with Crippen LogP contribution in [0.15, 0.2) is 18.3 Å². The molecule has 3 nitrogen and oxygen atoms in total. The first kappa shape index (κ1) is 9.75. The fourth-order valence-electron chi connectivity index (χ4n) is 4.04. The molecule has 3 unspecified atom stereocenters. The van der Waals surface area contributed by atoms with E-state index < -0.39 is 0 Å². The molecule has 1 aromatic heterocycles. The van der Waals surface area contributed by atoms with Gasteiger partial charge in [-0.3, -0.25) is 0 Å². The van der Waals surface area contributed by atoms with Crippen molar-refractivity contribution in [2.24, 2.45) is 5.92 Å². The average Bonchev–Trinajstić information content (AvgIpc) is 2.77. The molecule has 2 fully saturated rings. The van der Waals surface area contributed by atoms with Crippen LogP contribution in [0.1, 0.15) is 32.1 Å². The summed E-state index contributed by atoms with van der Waals surface area (Å²) in [5, 5.41) is 3.54. The zero-order valence-electron chi connectivity index (χ0n) is 10.1. The van der Waals surface area contributed by atoms with Crippen LogP contribution >= 0.6 is 0 Å². The first-order valence-corrected chi connectivity index (χ1v) is 6.91. The Balaban J connectivity index is 1.75. The summed E-state index contributed by atoms with van der Waals surface area (Å²) >= 11 is 0. The largest absolute Gasteiger partial charge is 0.380 e. The van der Waals surface area contributed by atoms with E-state index in [0.29, 0.717) is 6.04 Å². The minimum absolute atomic E-state index is 0.686. The lowest BCUT2D eigenvalue weighted by molar-refractivity contribution is 0.341. The number of hydrogen-bond acceptors (Lipinski definition) is 3.